The van der Waals surface area contributed by atoms with Crippen molar-refractivity contribution in [2.24, 2.45) is 0 Å². The van der Waals surface area contributed by atoms with Gasteiger partial charge in [0.1, 0.15) is 23.3 Å². The summed E-state index contributed by atoms with van der Waals surface area (Å²) in [4.78, 5) is 47.9. The van der Waals surface area contributed by atoms with Crippen LogP contribution in [0.1, 0.15) is 25.0 Å². The summed E-state index contributed by atoms with van der Waals surface area (Å²) in [7, 11) is 0. The van der Waals surface area contributed by atoms with E-state index in [-0.39, 0.29) is 24.4 Å². The highest BCUT2D eigenvalue weighted by Gasteiger charge is 2.15. The summed E-state index contributed by atoms with van der Waals surface area (Å²) in [6.45, 7) is 3.55. The topological polar surface area (TPSA) is 158 Å². The first-order valence-corrected chi connectivity index (χ1v) is 10.7. The summed E-state index contributed by atoms with van der Waals surface area (Å²) < 4.78 is 9.60. The molecular formula is C26H22N4O6. The second-order valence-electron chi connectivity index (χ2n) is 6.93. The van der Waals surface area contributed by atoms with E-state index < -0.39 is 23.8 Å². The summed E-state index contributed by atoms with van der Waals surface area (Å²) >= 11 is 0. The Kier molecular flexibility index (Phi) is 10.1. The smallest absolute Gasteiger partial charge is 0.348 e. The number of rotatable bonds is 8. The first kappa shape index (κ1) is 27.0. The molecule has 0 aromatic heterocycles. The van der Waals surface area contributed by atoms with Gasteiger partial charge in [0.2, 0.25) is 0 Å². The number of nitrogens with one attached hydrogen (secondary N) is 2. The Labute approximate surface area is 207 Å². The Bertz CT molecular complexity index is 1180. The SMILES string of the molecule is CCOC(=O)C(C#N)=Cc1ccc(NC(=O)C(=O)Nc2ccc(C=C(C#N)C(=O)OCC)cc2)cc1. The zero-order valence-electron chi connectivity index (χ0n) is 19.5. The molecule has 0 saturated heterocycles. The number of nitrogens with zero attached hydrogens (tertiary/aromatic N) is 2. The summed E-state index contributed by atoms with van der Waals surface area (Å²) in [6.07, 6.45) is 2.70. The number of benzene rings is 2. The van der Waals surface area contributed by atoms with Gasteiger partial charge in [-0.1, -0.05) is 24.3 Å². The largest absolute Gasteiger partial charge is 0.462 e. The van der Waals surface area contributed by atoms with Crippen molar-refractivity contribution in [3.05, 3.63) is 70.8 Å². The van der Waals surface area contributed by atoms with E-state index >= 15 is 0 Å². The van der Waals surface area contributed by atoms with Crippen LogP contribution in [0.5, 0.6) is 0 Å². The molecule has 2 N–H and O–H groups in total. The normalized spacial score (nSPS) is 10.9. The maximum Gasteiger partial charge on any atom is 0.348 e. The number of carbonyl (C=O) groups excluding carboxylic acids is 4. The van der Waals surface area contributed by atoms with Crippen molar-refractivity contribution in [3.63, 3.8) is 0 Å². The standard InChI is InChI=1S/C26H22N4O6/c1-3-35-25(33)19(15-27)13-17-5-9-21(10-6-17)29-23(31)24(32)30-22-11-7-18(8-12-22)14-20(16-28)26(34)36-4-2/h5-14H,3-4H2,1-2H3,(H,29,31)(H,30,32). The van der Waals surface area contributed by atoms with Crippen LogP contribution >= 0.6 is 0 Å². The van der Waals surface area contributed by atoms with E-state index in [0.717, 1.165) is 0 Å². The molecular weight excluding hydrogens is 464 g/mol. The van der Waals surface area contributed by atoms with Crippen LogP contribution in [-0.2, 0) is 28.7 Å². The van der Waals surface area contributed by atoms with Crippen molar-refractivity contribution in [1.29, 1.82) is 10.5 Å². The van der Waals surface area contributed by atoms with Crippen LogP contribution in [0.15, 0.2) is 59.7 Å². The third kappa shape index (κ3) is 7.97. The van der Waals surface area contributed by atoms with Crippen molar-refractivity contribution in [2.45, 2.75) is 13.8 Å². The molecule has 2 rings (SSSR count). The van der Waals surface area contributed by atoms with E-state index in [1.165, 1.54) is 36.4 Å². The first-order valence-electron chi connectivity index (χ1n) is 10.7. The average Bonchev–Trinajstić information content (AvgIpc) is 2.87. The van der Waals surface area contributed by atoms with Crippen molar-refractivity contribution < 1.29 is 28.7 Å². The molecule has 182 valence electrons. The Morgan fingerprint density at radius 2 is 1.03 bits per heavy atom. The fourth-order valence-electron chi connectivity index (χ4n) is 2.73. The van der Waals surface area contributed by atoms with Gasteiger partial charge in [0.15, 0.2) is 0 Å². The number of amides is 2. The van der Waals surface area contributed by atoms with Crippen LogP contribution < -0.4 is 10.6 Å². The Morgan fingerprint density at radius 1 is 0.694 bits per heavy atom. The number of hydrogen-bond donors (Lipinski definition) is 2. The van der Waals surface area contributed by atoms with Gasteiger partial charge in [-0.05, 0) is 61.4 Å². The highest BCUT2D eigenvalue weighted by Crippen LogP contribution is 2.15. The average molecular weight is 486 g/mol. The van der Waals surface area contributed by atoms with Gasteiger partial charge in [-0.25, -0.2) is 9.59 Å². The minimum Gasteiger partial charge on any atom is -0.462 e. The molecule has 36 heavy (non-hydrogen) atoms. The van der Waals surface area contributed by atoms with Crippen molar-refractivity contribution in [1.82, 2.24) is 0 Å². The second-order valence-corrected chi connectivity index (χ2v) is 6.93. The summed E-state index contributed by atoms with van der Waals surface area (Å²) in [5.41, 5.74) is 1.37. The summed E-state index contributed by atoms with van der Waals surface area (Å²) in [5.74, 6) is -3.30. The molecule has 2 amide bonds. The number of anilines is 2. The molecule has 0 bridgehead atoms. The van der Waals surface area contributed by atoms with E-state index in [0.29, 0.717) is 22.5 Å². The zero-order chi connectivity index (χ0) is 26.5. The van der Waals surface area contributed by atoms with Gasteiger partial charge >= 0.3 is 23.8 Å². The molecule has 0 heterocycles. The lowest BCUT2D eigenvalue weighted by Gasteiger charge is -2.07. The third-order valence-electron chi connectivity index (χ3n) is 4.40. The minimum absolute atomic E-state index is 0.143. The zero-order valence-corrected chi connectivity index (χ0v) is 19.5. The number of esters is 2. The van der Waals surface area contributed by atoms with Crippen LogP contribution in [0.2, 0.25) is 0 Å². The van der Waals surface area contributed by atoms with Gasteiger partial charge in [0.25, 0.3) is 0 Å². The van der Waals surface area contributed by atoms with Crippen LogP contribution in [0.25, 0.3) is 12.2 Å². The number of hydrogen-bond acceptors (Lipinski definition) is 8. The lowest BCUT2D eigenvalue weighted by atomic mass is 10.1. The summed E-state index contributed by atoms with van der Waals surface area (Å²) in [5, 5.41) is 23.1. The van der Waals surface area contributed by atoms with E-state index in [1.54, 1.807) is 50.3 Å². The maximum atomic E-state index is 12.2. The lowest BCUT2D eigenvalue weighted by molar-refractivity contribution is -0.138. The van der Waals surface area contributed by atoms with Gasteiger partial charge in [-0.3, -0.25) is 9.59 Å². The molecule has 0 saturated carbocycles. The van der Waals surface area contributed by atoms with E-state index in [1.807, 2.05) is 0 Å². The molecule has 0 fully saturated rings. The van der Waals surface area contributed by atoms with Gasteiger partial charge in [-0.2, -0.15) is 10.5 Å². The van der Waals surface area contributed by atoms with E-state index in [9.17, 15) is 19.2 Å². The second kappa shape index (κ2) is 13.5. The van der Waals surface area contributed by atoms with Crippen molar-refractivity contribution in [2.75, 3.05) is 23.8 Å². The summed E-state index contributed by atoms with van der Waals surface area (Å²) in [6, 6.07) is 15.8. The monoisotopic (exact) mass is 486 g/mol. The molecule has 2 aromatic rings. The molecule has 0 atom stereocenters. The Morgan fingerprint density at radius 3 is 1.31 bits per heavy atom. The van der Waals surface area contributed by atoms with Crippen molar-refractivity contribution >= 4 is 47.3 Å². The molecule has 0 unspecified atom stereocenters. The molecule has 2 aromatic carbocycles. The third-order valence-corrected chi connectivity index (χ3v) is 4.40. The molecule has 10 heteroatoms. The van der Waals surface area contributed by atoms with Gasteiger partial charge < -0.3 is 20.1 Å². The van der Waals surface area contributed by atoms with E-state index in [4.69, 9.17) is 20.0 Å². The first-order chi connectivity index (χ1) is 17.3. The van der Waals surface area contributed by atoms with Gasteiger partial charge in [0, 0.05) is 11.4 Å². The van der Waals surface area contributed by atoms with Crippen LogP contribution in [0.3, 0.4) is 0 Å². The number of nitriles is 2. The quantitative estimate of drug-likeness (QED) is 0.249. The van der Waals surface area contributed by atoms with Crippen LogP contribution in [-0.4, -0.2) is 37.0 Å². The molecule has 0 radical (unpaired) electrons. The molecule has 0 aliphatic heterocycles. The molecule has 0 spiro atoms. The minimum atomic E-state index is -0.916. The molecule has 0 aliphatic rings. The fraction of sp³-hybridized carbons (Fsp3) is 0.154. The molecule has 0 aliphatic carbocycles. The van der Waals surface area contributed by atoms with Gasteiger partial charge in [-0.15, -0.1) is 0 Å². The Balaban J connectivity index is 2.00. The highest BCUT2D eigenvalue weighted by atomic mass is 16.5. The maximum absolute atomic E-state index is 12.2. The fourth-order valence-corrected chi connectivity index (χ4v) is 2.73. The number of carbonyl (C=O) groups is 4. The number of ether oxygens (including phenoxy) is 2. The van der Waals surface area contributed by atoms with Crippen LogP contribution in [0.4, 0.5) is 11.4 Å². The van der Waals surface area contributed by atoms with Crippen LogP contribution in [0, 0.1) is 22.7 Å². The molecule has 10 nitrogen and oxygen atoms in total. The van der Waals surface area contributed by atoms with E-state index in [2.05, 4.69) is 10.6 Å². The van der Waals surface area contributed by atoms with Crippen molar-refractivity contribution in [3.8, 4) is 12.1 Å². The predicted molar refractivity (Wildman–Crippen MR) is 131 cm³/mol. The Hall–Kier alpha value is -5.22. The predicted octanol–water partition coefficient (Wildman–Crippen LogP) is 3.20. The lowest BCUT2D eigenvalue weighted by Crippen LogP contribution is -2.29. The highest BCUT2D eigenvalue weighted by molar-refractivity contribution is 6.43. The van der Waals surface area contributed by atoms with Gasteiger partial charge in [0.05, 0.1) is 13.2 Å².